The lowest BCUT2D eigenvalue weighted by Crippen LogP contribution is -2.52. The number of rotatable bonds is 5. The molecule has 1 saturated heterocycles. The molecule has 0 atom stereocenters. The molecule has 124 valence electrons. The number of aromatic nitrogens is 1. The van der Waals surface area contributed by atoms with Crippen LogP contribution in [-0.4, -0.2) is 50.4 Å². The Kier molecular flexibility index (Phi) is 4.79. The predicted molar refractivity (Wildman–Crippen MR) is 92.7 cm³/mol. The van der Waals surface area contributed by atoms with Crippen LogP contribution in [0.15, 0.2) is 36.5 Å². The van der Waals surface area contributed by atoms with E-state index in [0.29, 0.717) is 32.7 Å². The van der Waals surface area contributed by atoms with E-state index in [1.807, 2.05) is 37.4 Å². The second-order valence-corrected chi connectivity index (χ2v) is 7.39. The van der Waals surface area contributed by atoms with Gasteiger partial charge in [0.25, 0.3) is 10.2 Å². The Morgan fingerprint density at radius 1 is 1.13 bits per heavy atom. The Hall–Kier alpha value is -1.70. The van der Waals surface area contributed by atoms with Gasteiger partial charge in [0.05, 0.1) is 5.52 Å². The molecule has 0 unspecified atom stereocenters. The lowest BCUT2D eigenvalue weighted by atomic mass is 10.1. The van der Waals surface area contributed by atoms with E-state index in [1.54, 1.807) is 0 Å². The van der Waals surface area contributed by atoms with Gasteiger partial charge < -0.3 is 4.90 Å². The summed E-state index contributed by atoms with van der Waals surface area (Å²) < 4.78 is 28.5. The molecule has 1 aliphatic rings. The van der Waals surface area contributed by atoms with Crippen molar-refractivity contribution in [2.75, 3.05) is 37.6 Å². The molecular formula is C16H22N4O2S. The maximum absolute atomic E-state index is 12.2. The third-order valence-corrected chi connectivity index (χ3v) is 5.69. The van der Waals surface area contributed by atoms with Crippen molar-refractivity contribution in [3.63, 3.8) is 0 Å². The minimum atomic E-state index is -3.35. The van der Waals surface area contributed by atoms with Gasteiger partial charge in [-0.15, -0.1) is 0 Å². The first kappa shape index (κ1) is 16.2. The fourth-order valence-electron chi connectivity index (χ4n) is 2.85. The molecule has 7 heteroatoms. The van der Waals surface area contributed by atoms with Crippen molar-refractivity contribution < 1.29 is 8.42 Å². The van der Waals surface area contributed by atoms with E-state index in [2.05, 4.69) is 20.7 Å². The Labute approximate surface area is 137 Å². The van der Waals surface area contributed by atoms with E-state index in [9.17, 15) is 8.42 Å². The smallest absolute Gasteiger partial charge is 0.279 e. The predicted octanol–water partition coefficient (Wildman–Crippen LogP) is 1.60. The molecule has 2 heterocycles. The number of nitrogens with one attached hydrogen (secondary N) is 1. The lowest BCUT2D eigenvalue weighted by Gasteiger charge is -2.35. The number of hydrogen-bond donors (Lipinski definition) is 1. The number of hydrogen-bond acceptors (Lipinski definition) is 4. The summed E-state index contributed by atoms with van der Waals surface area (Å²) in [6, 6.07) is 10.0. The molecule has 3 rings (SSSR count). The Morgan fingerprint density at radius 3 is 2.61 bits per heavy atom. The van der Waals surface area contributed by atoms with Crippen molar-refractivity contribution >= 4 is 26.8 Å². The number of fused-ring (bicyclic) bond motifs is 1. The zero-order chi connectivity index (χ0) is 16.3. The third-order valence-electron chi connectivity index (χ3n) is 4.08. The van der Waals surface area contributed by atoms with Crippen LogP contribution in [0.5, 0.6) is 0 Å². The molecule has 23 heavy (non-hydrogen) atoms. The molecule has 1 aliphatic heterocycles. The zero-order valence-electron chi connectivity index (χ0n) is 13.3. The van der Waals surface area contributed by atoms with Crippen LogP contribution in [-0.2, 0) is 10.2 Å². The van der Waals surface area contributed by atoms with E-state index < -0.39 is 10.2 Å². The van der Waals surface area contributed by atoms with Crippen LogP contribution in [0.25, 0.3) is 10.9 Å². The monoisotopic (exact) mass is 334 g/mol. The van der Waals surface area contributed by atoms with Crippen LogP contribution >= 0.6 is 0 Å². The molecule has 0 saturated carbocycles. The van der Waals surface area contributed by atoms with Gasteiger partial charge in [-0.25, -0.2) is 4.72 Å². The van der Waals surface area contributed by atoms with E-state index in [0.717, 1.165) is 23.0 Å². The fraction of sp³-hybridized carbons (Fsp3) is 0.438. The summed E-state index contributed by atoms with van der Waals surface area (Å²) in [4.78, 5) is 6.61. The van der Waals surface area contributed by atoms with Crippen molar-refractivity contribution in [1.29, 1.82) is 0 Å². The summed E-state index contributed by atoms with van der Waals surface area (Å²) in [5.41, 5.74) is 2.08. The number of para-hydroxylation sites is 1. The fourth-order valence-corrected chi connectivity index (χ4v) is 4.14. The van der Waals surface area contributed by atoms with Gasteiger partial charge in [-0.3, -0.25) is 4.98 Å². The summed E-state index contributed by atoms with van der Waals surface area (Å²) in [6.45, 7) is 4.79. The summed E-state index contributed by atoms with van der Waals surface area (Å²) >= 11 is 0. The zero-order valence-corrected chi connectivity index (χ0v) is 14.1. The van der Waals surface area contributed by atoms with Gasteiger partial charge in [-0.1, -0.05) is 25.1 Å². The lowest BCUT2D eigenvalue weighted by molar-refractivity contribution is 0.379. The second-order valence-electron chi connectivity index (χ2n) is 5.63. The van der Waals surface area contributed by atoms with Gasteiger partial charge in [-0.2, -0.15) is 12.7 Å². The highest BCUT2D eigenvalue weighted by molar-refractivity contribution is 7.87. The Morgan fingerprint density at radius 2 is 1.87 bits per heavy atom. The van der Waals surface area contributed by atoms with Crippen molar-refractivity contribution in [2.45, 2.75) is 13.3 Å². The van der Waals surface area contributed by atoms with Crippen molar-refractivity contribution in [3.05, 3.63) is 36.5 Å². The van der Waals surface area contributed by atoms with Gasteiger partial charge in [-0.05, 0) is 18.6 Å². The molecule has 0 spiro atoms. The van der Waals surface area contributed by atoms with E-state index in [1.165, 1.54) is 4.31 Å². The first-order chi connectivity index (χ1) is 11.1. The van der Waals surface area contributed by atoms with Crippen molar-refractivity contribution in [3.8, 4) is 0 Å². The van der Waals surface area contributed by atoms with E-state index >= 15 is 0 Å². The second kappa shape index (κ2) is 6.82. The van der Waals surface area contributed by atoms with Crippen LogP contribution in [0.2, 0.25) is 0 Å². The van der Waals surface area contributed by atoms with Gasteiger partial charge >= 0.3 is 0 Å². The maximum atomic E-state index is 12.2. The maximum Gasteiger partial charge on any atom is 0.279 e. The highest BCUT2D eigenvalue weighted by atomic mass is 32.2. The molecule has 0 radical (unpaired) electrons. The largest absolute Gasteiger partial charge is 0.368 e. The van der Waals surface area contributed by atoms with Gasteiger partial charge in [0.2, 0.25) is 0 Å². The summed E-state index contributed by atoms with van der Waals surface area (Å²) in [5, 5.41) is 1.11. The number of anilines is 1. The molecule has 0 aliphatic carbocycles. The average molecular weight is 334 g/mol. The molecule has 0 amide bonds. The number of piperazine rings is 1. The summed E-state index contributed by atoms with van der Waals surface area (Å²) in [6.07, 6.45) is 2.60. The minimum absolute atomic E-state index is 0.484. The number of benzene rings is 1. The first-order valence-electron chi connectivity index (χ1n) is 7.95. The Bertz CT molecular complexity index is 765. The molecule has 2 aromatic rings. The Balaban J connectivity index is 1.74. The minimum Gasteiger partial charge on any atom is -0.368 e. The molecule has 1 aromatic heterocycles. The highest BCUT2D eigenvalue weighted by Gasteiger charge is 2.26. The average Bonchev–Trinajstić information content (AvgIpc) is 2.60. The normalized spacial score (nSPS) is 16.8. The van der Waals surface area contributed by atoms with E-state index in [4.69, 9.17) is 0 Å². The highest BCUT2D eigenvalue weighted by Crippen LogP contribution is 2.26. The summed E-state index contributed by atoms with van der Waals surface area (Å²) in [5.74, 6) is 0. The number of pyridine rings is 1. The molecule has 6 nitrogen and oxygen atoms in total. The number of nitrogens with zero attached hydrogens (tertiary/aromatic N) is 3. The van der Waals surface area contributed by atoms with Crippen molar-refractivity contribution in [1.82, 2.24) is 14.0 Å². The standard InChI is InChI=1S/C16H22N4O2S/c1-2-8-18-23(21,22)20-12-10-19(11-13-20)16-7-9-17-15-6-4-3-5-14(15)16/h3-7,9,18H,2,8,10-13H2,1H3. The molecule has 1 aromatic carbocycles. The van der Waals surface area contributed by atoms with Crippen LogP contribution in [0.1, 0.15) is 13.3 Å². The van der Waals surface area contributed by atoms with Crippen LogP contribution in [0, 0.1) is 0 Å². The van der Waals surface area contributed by atoms with Gasteiger partial charge in [0.15, 0.2) is 0 Å². The van der Waals surface area contributed by atoms with E-state index in [-0.39, 0.29) is 0 Å². The molecule has 1 N–H and O–H groups in total. The van der Waals surface area contributed by atoms with Gasteiger partial charge in [0, 0.05) is 50.0 Å². The van der Waals surface area contributed by atoms with Crippen LogP contribution < -0.4 is 9.62 Å². The third kappa shape index (κ3) is 3.46. The SMILES string of the molecule is CCCNS(=O)(=O)N1CCN(c2ccnc3ccccc23)CC1. The first-order valence-corrected chi connectivity index (χ1v) is 9.39. The van der Waals surface area contributed by atoms with Crippen LogP contribution in [0.3, 0.4) is 0 Å². The van der Waals surface area contributed by atoms with Gasteiger partial charge in [0.1, 0.15) is 0 Å². The van der Waals surface area contributed by atoms with Crippen LogP contribution in [0.4, 0.5) is 5.69 Å². The van der Waals surface area contributed by atoms with Crippen molar-refractivity contribution in [2.24, 2.45) is 0 Å². The molecule has 0 bridgehead atoms. The summed E-state index contributed by atoms with van der Waals surface area (Å²) in [7, 11) is -3.35. The molecular weight excluding hydrogens is 312 g/mol. The quantitative estimate of drug-likeness (QED) is 0.902. The topological polar surface area (TPSA) is 65.5 Å². The molecule has 1 fully saturated rings.